The molecule has 18 heavy (non-hydrogen) atoms. The van der Waals surface area contributed by atoms with Gasteiger partial charge >= 0.3 is 0 Å². The Hall–Kier alpha value is -1.57. The van der Waals surface area contributed by atoms with Crippen LogP contribution in [0.1, 0.15) is 35.5 Å². The highest BCUT2D eigenvalue weighted by Gasteiger charge is 2.24. The number of nitrogens with zero attached hydrogens (tertiary/aromatic N) is 2. The van der Waals surface area contributed by atoms with E-state index in [2.05, 4.69) is 31.4 Å². The zero-order chi connectivity index (χ0) is 13.1. The maximum absolute atomic E-state index is 9.17. The van der Waals surface area contributed by atoms with Crippen molar-refractivity contribution in [2.45, 2.75) is 32.4 Å². The summed E-state index contributed by atoms with van der Waals surface area (Å²) in [6.45, 7) is 4.17. The molecule has 2 aromatic rings. The molecule has 2 unspecified atom stereocenters. The van der Waals surface area contributed by atoms with Gasteiger partial charge in [-0.1, -0.05) is 6.92 Å². The first kappa shape index (κ1) is 12.9. The van der Waals surface area contributed by atoms with Gasteiger partial charge in [0.15, 0.2) is 0 Å². The average Bonchev–Trinajstić information content (AvgIpc) is 2.99. The standard InChI is InChI=1S/C14H17N3S/c1-3-12(16)13(14-10(2)6-8-18-14)17-7-4-5-11(17)9-15/h4-8,12-13H,3,16H2,1-2H3. The van der Waals surface area contributed by atoms with Crippen molar-refractivity contribution in [3.63, 3.8) is 0 Å². The molecule has 0 bridgehead atoms. The van der Waals surface area contributed by atoms with Crippen LogP contribution in [0.5, 0.6) is 0 Å². The fourth-order valence-corrected chi connectivity index (χ4v) is 3.27. The highest BCUT2D eigenvalue weighted by molar-refractivity contribution is 7.10. The summed E-state index contributed by atoms with van der Waals surface area (Å²) >= 11 is 1.71. The summed E-state index contributed by atoms with van der Waals surface area (Å²) in [4.78, 5) is 1.25. The third kappa shape index (κ3) is 2.20. The normalized spacial score (nSPS) is 14.1. The lowest BCUT2D eigenvalue weighted by Gasteiger charge is -2.25. The summed E-state index contributed by atoms with van der Waals surface area (Å²) in [7, 11) is 0. The predicted molar refractivity (Wildman–Crippen MR) is 74.6 cm³/mol. The average molecular weight is 259 g/mol. The quantitative estimate of drug-likeness (QED) is 0.917. The van der Waals surface area contributed by atoms with Gasteiger partial charge < -0.3 is 10.3 Å². The summed E-state index contributed by atoms with van der Waals surface area (Å²) in [5.41, 5.74) is 8.17. The minimum absolute atomic E-state index is 0.0156. The van der Waals surface area contributed by atoms with Crippen molar-refractivity contribution < 1.29 is 0 Å². The lowest BCUT2D eigenvalue weighted by Crippen LogP contribution is -2.32. The van der Waals surface area contributed by atoms with Gasteiger partial charge in [-0.15, -0.1) is 11.3 Å². The zero-order valence-corrected chi connectivity index (χ0v) is 11.4. The van der Waals surface area contributed by atoms with Gasteiger partial charge in [-0.2, -0.15) is 5.26 Å². The van der Waals surface area contributed by atoms with E-state index in [0.29, 0.717) is 5.69 Å². The van der Waals surface area contributed by atoms with Crippen molar-refractivity contribution in [2.24, 2.45) is 5.73 Å². The van der Waals surface area contributed by atoms with E-state index in [4.69, 9.17) is 11.0 Å². The van der Waals surface area contributed by atoms with Gasteiger partial charge in [0.25, 0.3) is 0 Å². The lowest BCUT2D eigenvalue weighted by atomic mass is 10.0. The van der Waals surface area contributed by atoms with Gasteiger partial charge in [0.05, 0.1) is 6.04 Å². The Balaban J connectivity index is 2.51. The number of thiophene rings is 1. The zero-order valence-electron chi connectivity index (χ0n) is 10.6. The molecule has 2 heterocycles. The van der Waals surface area contributed by atoms with Crippen LogP contribution >= 0.6 is 11.3 Å². The molecule has 0 aliphatic rings. The second-order valence-corrected chi connectivity index (χ2v) is 5.35. The number of hydrogen-bond donors (Lipinski definition) is 1. The Morgan fingerprint density at radius 2 is 2.28 bits per heavy atom. The third-order valence-electron chi connectivity index (χ3n) is 3.24. The molecular formula is C14H17N3S. The SMILES string of the molecule is CCC(N)C(c1sccc1C)n1cccc1C#N. The molecule has 0 fully saturated rings. The van der Waals surface area contributed by atoms with Crippen LogP contribution < -0.4 is 5.73 Å². The molecule has 0 spiro atoms. The van der Waals surface area contributed by atoms with Crippen LogP contribution in [0.25, 0.3) is 0 Å². The fourth-order valence-electron chi connectivity index (χ4n) is 2.17. The van der Waals surface area contributed by atoms with Gasteiger partial charge in [0.2, 0.25) is 0 Å². The van der Waals surface area contributed by atoms with Crippen molar-refractivity contribution in [3.8, 4) is 6.07 Å². The molecule has 0 amide bonds. The Labute approximate surface area is 111 Å². The van der Waals surface area contributed by atoms with Crippen LogP contribution in [-0.4, -0.2) is 10.6 Å². The largest absolute Gasteiger partial charge is 0.330 e. The first-order valence-electron chi connectivity index (χ1n) is 6.05. The van der Waals surface area contributed by atoms with Crippen molar-refractivity contribution in [2.75, 3.05) is 0 Å². The first-order valence-corrected chi connectivity index (χ1v) is 6.93. The van der Waals surface area contributed by atoms with Crippen LogP contribution in [0.4, 0.5) is 0 Å². The highest BCUT2D eigenvalue weighted by Crippen LogP contribution is 2.31. The summed E-state index contributed by atoms with van der Waals surface area (Å²) in [5, 5.41) is 11.2. The molecule has 3 nitrogen and oxygen atoms in total. The molecule has 94 valence electrons. The number of rotatable bonds is 4. The molecule has 0 radical (unpaired) electrons. The second kappa shape index (κ2) is 5.38. The maximum Gasteiger partial charge on any atom is 0.120 e. The van der Waals surface area contributed by atoms with Gasteiger partial charge in [-0.25, -0.2) is 0 Å². The van der Waals surface area contributed by atoms with E-state index >= 15 is 0 Å². The predicted octanol–water partition coefficient (Wildman–Crippen LogP) is 3.06. The summed E-state index contributed by atoms with van der Waals surface area (Å²) in [6, 6.07) is 8.13. The molecular weight excluding hydrogens is 242 g/mol. The third-order valence-corrected chi connectivity index (χ3v) is 4.33. The van der Waals surface area contributed by atoms with E-state index < -0.39 is 0 Å². The van der Waals surface area contributed by atoms with Gasteiger partial charge in [-0.3, -0.25) is 0 Å². The van der Waals surface area contributed by atoms with E-state index in [9.17, 15) is 0 Å². The van der Waals surface area contributed by atoms with E-state index in [1.807, 2.05) is 22.9 Å². The first-order chi connectivity index (χ1) is 8.69. The Kier molecular flexibility index (Phi) is 3.85. The maximum atomic E-state index is 9.17. The number of aryl methyl sites for hydroxylation is 1. The molecule has 0 aromatic carbocycles. The molecule has 2 rings (SSSR count). The summed E-state index contributed by atoms with van der Waals surface area (Å²) in [6.07, 6.45) is 2.82. The van der Waals surface area contributed by atoms with Crippen molar-refractivity contribution >= 4 is 11.3 Å². The van der Waals surface area contributed by atoms with Crippen LogP contribution in [0.15, 0.2) is 29.8 Å². The Morgan fingerprint density at radius 3 is 2.83 bits per heavy atom. The molecule has 0 aliphatic carbocycles. The summed E-state index contributed by atoms with van der Waals surface area (Å²) in [5.74, 6) is 0. The van der Waals surface area contributed by atoms with E-state index in [0.717, 1.165) is 6.42 Å². The molecule has 2 atom stereocenters. The Bertz CT molecular complexity index is 562. The molecule has 0 aliphatic heterocycles. The lowest BCUT2D eigenvalue weighted by molar-refractivity contribution is 0.462. The monoisotopic (exact) mass is 259 g/mol. The topological polar surface area (TPSA) is 54.7 Å². The van der Waals surface area contributed by atoms with Crippen LogP contribution in [0.2, 0.25) is 0 Å². The number of hydrogen-bond acceptors (Lipinski definition) is 3. The molecule has 0 saturated carbocycles. The highest BCUT2D eigenvalue weighted by atomic mass is 32.1. The van der Waals surface area contributed by atoms with Gasteiger partial charge in [0.1, 0.15) is 11.8 Å². The van der Waals surface area contributed by atoms with E-state index in [1.54, 1.807) is 11.3 Å². The van der Waals surface area contributed by atoms with Gasteiger partial charge in [-0.05, 0) is 42.5 Å². The van der Waals surface area contributed by atoms with Crippen molar-refractivity contribution in [3.05, 3.63) is 45.9 Å². The van der Waals surface area contributed by atoms with E-state index in [1.165, 1.54) is 10.4 Å². The number of aromatic nitrogens is 1. The second-order valence-electron chi connectivity index (χ2n) is 4.40. The minimum Gasteiger partial charge on any atom is -0.330 e. The molecule has 0 saturated heterocycles. The van der Waals surface area contributed by atoms with Crippen LogP contribution in [-0.2, 0) is 0 Å². The smallest absolute Gasteiger partial charge is 0.120 e. The minimum atomic E-state index is 0.0156. The van der Waals surface area contributed by atoms with Gasteiger partial charge in [0, 0.05) is 17.1 Å². The van der Waals surface area contributed by atoms with E-state index in [-0.39, 0.29) is 12.1 Å². The summed E-state index contributed by atoms with van der Waals surface area (Å²) < 4.78 is 1.99. The number of nitriles is 1. The molecule has 2 N–H and O–H groups in total. The van der Waals surface area contributed by atoms with Crippen LogP contribution in [0, 0.1) is 18.3 Å². The van der Waals surface area contributed by atoms with Crippen LogP contribution in [0.3, 0.4) is 0 Å². The number of nitrogens with two attached hydrogens (primary N) is 1. The Morgan fingerprint density at radius 1 is 1.50 bits per heavy atom. The van der Waals surface area contributed by atoms with Crippen molar-refractivity contribution in [1.82, 2.24) is 4.57 Å². The molecule has 2 aromatic heterocycles. The fraction of sp³-hybridized carbons (Fsp3) is 0.357. The van der Waals surface area contributed by atoms with Crippen molar-refractivity contribution in [1.29, 1.82) is 5.26 Å². The molecule has 4 heteroatoms.